The molecule has 0 aliphatic heterocycles. The number of hydrogen-bond donors (Lipinski definition) is 0. The van der Waals surface area contributed by atoms with Crippen LogP contribution in [0.15, 0.2) is 47.4 Å². The van der Waals surface area contributed by atoms with Gasteiger partial charge in [-0.25, -0.2) is 0 Å². The van der Waals surface area contributed by atoms with E-state index in [1.807, 2.05) is 0 Å². The van der Waals surface area contributed by atoms with Crippen LogP contribution in [0.4, 0.5) is 0 Å². The van der Waals surface area contributed by atoms with Crippen molar-refractivity contribution in [3.63, 3.8) is 0 Å². The Kier molecular flexibility index (Phi) is 2.45. The third-order valence-electron chi connectivity index (χ3n) is 5.01. The minimum absolute atomic E-state index is 0.291. The lowest BCUT2D eigenvalue weighted by Gasteiger charge is -2.38. The summed E-state index contributed by atoms with van der Waals surface area (Å²) in [6, 6.07) is 10.8. The molecule has 2 aliphatic carbocycles. The molecule has 1 aromatic carbocycles. The van der Waals surface area contributed by atoms with Gasteiger partial charge < -0.3 is 0 Å². The quantitative estimate of drug-likeness (QED) is 0.666. The van der Waals surface area contributed by atoms with Gasteiger partial charge in [-0.05, 0) is 42.7 Å². The summed E-state index contributed by atoms with van der Waals surface area (Å²) in [6.45, 7) is 9.27. The van der Waals surface area contributed by atoms with Crippen molar-refractivity contribution in [3.05, 3.63) is 42.5 Å². The van der Waals surface area contributed by atoms with Gasteiger partial charge in [-0.2, -0.15) is 0 Å². The van der Waals surface area contributed by atoms with Crippen LogP contribution in [0.2, 0.25) is 0 Å². The van der Waals surface area contributed by atoms with Crippen LogP contribution in [0.1, 0.15) is 33.1 Å². The topological polar surface area (TPSA) is 0 Å². The van der Waals surface area contributed by atoms with Crippen molar-refractivity contribution in [1.82, 2.24) is 0 Å². The molecule has 2 bridgehead atoms. The Morgan fingerprint density at radius 1 is 1.24 bits per heavy atom. The number of thioether (sulfide) groups is 1. The molecule has 0 nitrogen and oxygen atoms in total. The van der Waals surface area contributed by atoms with Crippen molar-refractivity contribution in [3.8, 4) is 0 Å². The van der Waals surface area contributed by atoms with E-state index in [4.69, 9.17) is 0 Å². The maximum absolute atomic E-state index is 4.38. The van der Waals surface area contributed by atoms with Gasteiger partial charge >= 0.3 is 0 Å². The molecule has 17 heavy (non-hydrogen) atoms. The highest BCUT2D eigenvalue weighted by atomic mass is 32.2. The summed E-state index contributed by atoms with van der Waals surface area (Å²) < 4.78 is 0.291. The number of benzene rings is 1. The van der Waals surface area contributed by atoms with Gasteiger partial charge in [0.1, 0.15) is 0 Å². The molecule has 0 aromatic heterocycles. The lowest BCUT2D eigenvalue weighted by Crippen LogP contribution is -2.34. The molecule has 90 valence electrons. The fourth-order valence-electron chi connectivity index (χ4n) is 3.79. The second kappa shape index (κ2) is 3.65. The Morgan fingerprint density at radius 2 is 1.94 bits per heavy atom. The molecule has 0 spiro atoms. The standard InChI is InChI=1S/C16H20S/c1-12-11-13-9-10-16(12,15(13,2)3)17-14-7-5-4-6-8-14/h4-8,13H,1,9-11H2,2-3H3/t13-,16-/m0/s1. The lowest BCUT2D eigenvalue weighted by atomic mass is 9.81. The van der Waals surface area contributed by atoms with Crippen LogP contribution in [-0.2, 0) is 0 Å². The fraction of sp³-hybridized carbons (Fsp3) is 0.500. The Hall–Kier alpha value is -0.690. The van der Waals surface area contributed by atoms with E-state index in [9.17, 15) is 0 Å². The van der Waals surface area contributed by atoms with Gasteiger partial charge in [-0.15, -0.1) is 11.8 Å². The Bertz CT molecular complexity index is 446. The Labute approximate surface area is 109 Å². The molecule has 0 unspecified atom stereocenters. The van der Waals surface area contributed by atoms with Crippen molar-refractivity contribution in [1.29, 1.82) is 0 Å². The second-order valence-corrected chi connectivity index (χ2v) is 7.38. The van der Waals surface area contributed by atoms with E-state index in [1.165, 1.54) is 29.7 Å². The van der Waals surface area contributed by atoms with Crippen molar-refractivity contribution in [2.75, 3.05) is 0 Å². The maximum atomic E-state index is 4.38. The molecule has 1 heteroatoms. The summed E-state index contributed by atoms with van der Waals surface area (Å²) >= 11 is 2.06. The third kappa shape index (κ3) is 1.45. The smallest absolute Gasteiger partial charge is 0.0466 e. The maximum Gasteiger partial charge on any atom is 0.0466 e. The first-order valence-corrected chi connectivity index (χ1v) is 7.30. The van der Waals surface area contributed by atoms with Crippen molar-refractivity contribution in [2.45, 2.75) is 42.8 Å². The van der Waals surface area contributed by atoms with Crippen LogP contribution in [0.25, 0.3) is 0 Å². The molecule has 0 saturated heterocycles. The molecule has 0 amide bonds. The van der Waals surface area contributed by atoms with Crippen LogP contribution >= 0.6 is 11.8 Å². The molecule has 0 radical (unpaired) electrons. The zero-order chi connectivity index (χ0) is 12.1. The van der Waals surface area contributed by atoms with E-state index in [2.05, 4.69) is 62.5 Å². The predicted molar refractivity (Wildman–Crippen MR) is 75.3 cm³/mol. The second-order valence-electron chi connectivity index (χ2n) is 6.01. The highest BCUT2D eigenvalue weighted by Gasteiger charge is 2.61. The van der Waals surface area contributed by atoms with Crippen LogP contribution in [-0.4, -0.2) is 4.75 Å². The molecule has 0 N–H and O–H groups in total. The molecular formula is C16H20S. The predicted octanol–water partition coefficient (Wildman–Crippen LogP) is 4.91. The van der Waals surface area contributed by atoms with Gasteiger partial charge in [-0.1, -0.05) is 44.2 Å². The highest BCUT2D eigenvalue weighted by molar-refractivity contribution is 8.01. The lowest BCUT2D eigenvalue weighted by molar-refractivity contribution is 0.285. The number of rotatable bonds is 2. The van der Waals surface area contributed by atoms with Crippen LogP contribution in [0.3, 0.4) is 0 Å². The van der Waals surface area contributed by atoms with Gasteiger partial charge in [0, 0.05) is 9.64 Å². The van der Waals surface area contributed by atoms with Gasteiger partial charge in [-0.3, -0.25) is 0 Å². The molecule has 2 atom stereocenters. The number of fused-ring (bicyclic) bond motifs is 2. The van der Waals surface area contributed by atoms with E-state index in [-0.39, 0.29) is 0 Å². The van der Waals surface area contributed by atoms with Crippen LogP contribution < -0.4 is 0 Å². The largest absolute Gasteiger partial charge is 0.114 e. The van der Waals surface area contributed by atoms with E-state index < -0.39 is 0 Å². The van der Waals surface area contributed by atoms with Crippen molar-refractivity contribution >= 4 is 11.8 Å². The molecule has 3 rings (SSSR count). The SMILES string of the molecule is C=C1C[C@@H]2CC[C@@]1(Sc1ccccc1)C2(C)C. The molecular weight excluding hydrogens is 224 g/mol. The minimum Gasteiger partial charge on any atom is -0.114 e. The van der Waals surface area contributed by atoms with Gasteiger partial charge in [0.15, 0.2) is 0 Å². The van der Waals surface area contributed by atoms with Gasteiger partial charge in [0.05, 0.1) is 0 Å². The Morgan fingerprint density at radius 3 is 2.47 bits per heavy atom. The van der Waals surface area contributed by atoms with Crippen molar-refractivity contribution < 1.29 is 0 Å². The zero-order valence-corrected chi connectivity index (χ0v) is 11.5. The number of hydrogen-bond acceptors (Lipinski definition) is 1. The summed E-state index contributed by atoms with van der Waals surface area (Å²) in [5.41, 5.74) is 1.89. The summed E-state index contributed by atoms with van der Waals surface area (Å²) in [5, 5.41) is 0. The average Bonchev–Trinajstić information content (AvgIpc) is 2.64. The van der Waals surface area contributed by atoms with Gasteiger partial charge in [0.2, 0.25) is 0 Å². The Balaban J connectivity index is 1.98. The van der Waals surface area contributed by atoms with Crippen molar-refractivity contribution in [2.24, 2.45) is 11.3 Å². The van der Waals surface area contributed by atoms with E-state index in [1.54, 1.807) is 0 Å². The molecule has 1 aromatic rings. The molecule has 0 heterocycles. The summed E-state index contributed by atoms with van der Waals surface area (Å²) in [5.74, 6) is 0.853. The molecule has 2 fully saturated rings. The van der Waals surface area contributed by atoms with E-state index in [0.29, 0.717) is 10.2 Å². The summed E-state index contributed by atoms with van der Waals surface area (Å²) in [6.07, 6.45) is 3.93. The normalized spacial score (nSPS) is 34.2. The fourth-order valence-corrected chi connectivity index (χ4v) is 5.36. The minimum atomic E-state index is 0.291. The molecule has 2 saturated carbocycles. The third-order valence-corrected chi connectivity index (χ3v) is 6.88. The highest BCUT2D eigenvalue weighted by Crippen LogP contribution is 2.69. The summed E-state index contributed by atoms with van der Waals surface area (Å²) in [7, 11) is 0. The first kappa shape index (κ1) is 11.4. The van der Waals surface area contributed by atoms with E-state index in [0.717, 1.165) is 5.92 Å². The van der Waals surface area contributed by atoms with Crippen LogP contribution in [0.5, 0.6) is 0 Å². The van der Waals surface area contributed by atoms with E-state index >= 15 is 0 Å². The van der Waals surface area contributed by atoms with Crippen LogP contribution in [0, 0.1) is 11.3 Å². The summed E-state index contributed by atoms with van der Waals surface area (Å²) in [4.78, 5) is 1.39. The first-order chi connectivity index (χ1) is 8.06. The van der Waals surface area contributed by atoms with Gasteiger partial charge in [0.25, 0.3) is 0 Å². The first-order valence-electron chi connectivity index (χ1n) is 6.48. The molecule has 2 aliphatic rings. The monoisotopic (exact) mass is 244 g/mol. The zero-order valence-electron chi connectivity index (χ0n) is 10.7. The average molecular weight is 244 g/mol.